The number of likely N-dealkylation sites (N-methyl/N-ethyl adjacent to an activating group) is 1. The number of hydrazine groups is 1. The number of benzene rings is 1. The Hall–Kier alpha value is -3.88. The molecule has 6 rings (SSSR count). The number of carbonyl (C=O) groups excluding carboxylic acids is 1. The molecule has 1 aromatic carbocycles. The molecular weight excluding hydrogens is 600 g/mol. The Balaban J connectivity index is 1.43. The van der Waals surface area contributed by atoms with Gasteiger partial charge in [-0.15, -0.1) is 0 Å². The minimum absolute atomic E-state index is 0.000942. The maximum absolute atomic E-state index is 14.4. The molecule has 0 N–H and O–H groups in total. The molecule has 4 heterocycles. The van der Waals surface area contributed by atoms with E-state index in [2.05, 4.69) is 10.1 Å². The molecule has 14 heteroatoms. The highest BCUT2D eigenvalue weighted by Gasteiger charge is 2.52. The number of sulfonamides is 1. The van der Waals surface area contributed by atoms with Crippen LogP contribution in [0.5, 0.6) is 0 Å². The van der Waals surface area contributed by atoms with Crippen LogP contribution in [0.25, 0.3) is 11.8 Å². The van der Waals surface area contributed by atoms with E-state index in [9.17, 15) is 30.8 Å². The van der Waals surface area contributed by atoms with Gasteiger partial charge in [-0.2, -0.15) is 22.6 Å². The summed E-state index contributed by atoms with van der Waals surface area (Å²) in [6, 6.07) is 7.23. The van der Waals surface area contributed by atoms with Crippen LogP contribution in [0.15, 0.2) is 65.5 Å². The molecular formula is C30H30F4N6O3S. The molecule has 0 amide bonds. The normalized spacial score (nSPS) is 21.1. The van der Waals surface area contributed by atoms with E-state index in [0.717, 1.165) is 24.8 Å². The van der Waals surface area contributed by atoms with Gasteiger partial charge in [-0.25, -0.2) is 22.5 Å². The summed E-state index contributed by atoms with van der Waals surface area (Å²) in [6.45, 7) is 2.58. The minimum Gasteiger partial charge on any atom is -0.312 e. The largest absolute Gasteiger partial charge is 0.416 e. The Morgan fingerprint density at radius 1 is 1.14 bits per heavy atom. The molecule has 3 aliphatic rings. The van der Waals surface area contributed by atoms with Gasteiger partial charge in [0.25, 0.3) is 0 Å². The number of rotatable bonds is 7. The minimum atomic E-state index is -4.70. The summed E-state index contributed by atoms with van der Waals surface area (Å²) in [4.78, 5) is 18.5. The second kappa shape index (κ2) is 10.9. The number of alkyl halides is 3. The van der Waals surface area contributed by atoms with Crippen LogP contribution >= 0.6 is 0 Å². The molecule has 232 valence electrons. The Kier molecular flexibility index (Phi) is 7.49. The Morgan fingerprint density at radius 3 is 2.59 bits per heavy atom. The number of fused-ring (bicyclic) bond motifs is 2. The molecule has 0 spiro atoms. The Bertz CT molecular complexity index is 1780. The molecule has 3 aromatic rings. The van der Waals surface area contributed by atoms with Gasteiger partial charge in [-0.1, -0.05) is 12.5 Å². The fraction of sp³-hybridized carbons (Fsp3) is 0.367. The molecule has 44 heavy (non-hydrogen) atoms. The summed E-state index contributed by atoms with van der Waals surface area (Å²) in [5.41, 5.74) is -0.528. The zero-order valence-electron chi connectivity index (χ0n) is 24.1. The van der Waals surface area contributed by atoms with E-state index in [0.29, 0.717) is 29.1 Å². The van der Waals surface area contributed by atoms with Gasteiger partial charge in [0.15, 0.2) is 5.78 Å². The fourth-order valence-electron chi connectivity index (χ4n) is 6.19. The number of aromatic nitrogens is 3. The Morgan fingerprint density at radius 2 is 1.89 bits per heavy atom. The second-order valence-corrected chi connectivity index (χ2v) is 13.3. The van der Waals surface area contributed by atoms with E-state index in [1.54, 1.807) is 47.3 Å². The topological polar surface area (TPSA) is 91.6 Å². The van der Waals surface area contributed by atoms with Crippen molar-refractivity contribution in [2.45, 2.75) is 32.4 Å². The predicted octanol–water partition coefficient (Wildman–Crippen LogP) is 4.68. The van der Waals surface area contributed by atoms with Crippen molar-refractivity contribution in [1.29, 1.82) is 0 Å². The Labute approximate surface area is 252 Å². The standard InChI is InChI=1S/C30H30F4N6O3S/c1-3-11-38-18-25(17-37(38)2)44(42,43)39-12-9-21-14-27-20(16-36-40(27)24-6-4-23(31)5-7-24)15-29(21,19-39)28(41)26-13-22(8-10-35-26)30(32,33)34/h4-8,10,13-14,16,18H,3,9,11-12,15,17,19H2,1-2H3/t29-/m0/s1. The third-order valence-corrected chi connectivity index (χ3v) is 10.3. The predicted molar refractivity (Wildman–Crippen MR) is 154 cm³/mol. The van der Waals surface area contributed by atoms with Crippen LogP contribution in [-0.2, 0) is 22.6 Å². The van der Waals surface area contributed by atoms with Crippen molar-refractivity contribution in [1.82, 2.24) is 29.1 Å². The maximum Gasteiger partial charge on any atom is 0.416 e. The van der Waals surface area contributed by atoms with Crippen LogP contribution in [-0.4, -0.2) is 76.5 Å². The van der Waals surface area contributed by atoms with Crippen molar-refractivity contribution in [2.24, 2.45) is 5.41 Å². The molecule has 1 saturated heterocycles. The van der Waals surface area contributed by atoms with E-state index in [4.69, 9.17) is 0 Å². The molecule has 1 aliphatic carbocycles. The van der Waals surface area contributed by atoms with E-state index >= 15 is 0 Å². The van der Waals surface area contributed by atoms with Gasteiger partial charge in [-0.3, -0.25) is 9.78 Å². The summed E-state index contributed by atoms with van der Waals surface area (Å²) in [7, 11) is -2.24. The molecule has 0 saturated carbocycles. The molecule has 9 nitrogen and oxygen atoms in total. The first kappa shape index (κ1) is 30.2. The number of nitrogens with zero attached hydrogens (tertiary/aromatic N) is 6. The molecule has 1 atom stereocenters. The number of hydrogen-bond acceptors (Lipinski definition) is 7. The second-order valence-electron chi connectivity index (χ2n) is 11.3. The van der Waals surface area contributed by atoms with Crippen molar-refractivity contribution in [3.05, 3.63) is 93.8 Å². The number of carbonyl (C=O) groups is 1. The van der Waals surface area contributed by atoms with Gasteiger partial charge < -0.3 is 5.01 Å². The van der Waals surface area contributed by atoms with Gasteiger partial charge >= 0.3 is 6.18 Å². The number of Topliss-reactive ketones (excluding diaryl/α,β-unsaturated/α-hetero) is 1. The van der Waals surface area contributed by atoms with Crippen molar-refractivity contribution >= 4 is 21.9 Å². The number of ketones is 1. The van der Waals surface area contributed by atoms with Crippen LogP contribution in [0, 0.1) is 11.2 Å². The molecule has 0 radical (unpaired) electrons. The van der Waals surface area contributed by atoms with E-state index in [1.807, 2.05) is 11.9 Å². The van der Waals surface area contributed by atoms with Gasteiger partial charge in [0.05, 0.1) is 40.0 Å². The lowest BCUT2D eigenvalue weighted by Crippen LogP contribution is -2.53. The summed E-state index contributed by atoms with van der Waals surface area (Å²) < 4.78 is 85.2. The average Bonchev–Trinajstić information content (AvgIpc) is 3.58. The summed E-state index contributed by atoms with van der Waals surface area (Å²) in [5.74, 6) is -1.11. The molecule has 2 aromatic heterocycles. The number of piperidine rings is 1. The first-order valence-corrected chi connectivity index (χ1v) is 15.6. The summed E-state index contributed by atoms with van der Waals surface area (Å²) in [5, 5.41) is 8.08. The molecule has 0 unspecified atom stereocenters. The van der Waals surface area contributed by atoms with Gasteiger partial charge in [0.1, 0.15) is 11.5 Å². The SMILES string of the molecule is CCCN1C=C(S(=O)(=O)N2CCC3=Cc4c(cnn4-c4ccc(F)cc4)C[C@]3(C(=O)c3cc(C(F)(F)F)ccn3)C2)CN1C. The van der Waals surface area contributed by atoms with Crippen molar-refractivity contribution < 1.29 is 30.8 Å². The monoisotopic (exact) mass is 630 g/mol. The van der Waals surface area contributed by atoms with E-state index in [1.165, 1.54) is 16.4 Å². The lowest BCUT2D eigenvalue weighted by atomic mass is 9.65. The van der Waals surface area contributed by atoms with Crippen molar-refractivity contribution in [3.8, 4) is 5.69 Å². The quantitative estimate of drug-likeness (QED) is 0.277. The third kappa shape index (κ3) is 5.14. The molecule has 1 fully saturated rings. The lowest BCUT2D eigenvalue weighted by molar-refractivity contribution is -0.137. The lowest BCUT2D eigenvalue weighted by Gasteiger charge is -2.44. The first-order valence-electron chi connectivity index (χ1n) is 14.1. The number of halogens is 4. The molecule has 2 aliphatic heterocycles. The first-order chi connectivity index (χ1) is 20.8. The number of hydrogen-bond donors (Lipinski definition) is 0. The van der Waals surface area contributed by atoms with Crippen LogP contribution in [0.4, 0.5) is 17.6 Å². The highest BCUT2D eigenvalue weighted by atomic mass is 32.2. The number of pyridine rings is 1. The zero-order chi connectivity index (χ0) is 31.4. The highest BCUT2D eigenvalue weighted by molar-refractivity contribution is 7.93. The van der Waals surface area contributed by atoms with Gasteiger partial charge in [-0.05, 0) is 67.3 Å². The highest BCUT2D eigenvalue weighted by Crippen LogP contribution is 2.47. The van der Waals surface area contributed by atoms with Crippen LogP contribution < -0.4 is 0 Å². The average molecular weight is 631 g/mol. The van der Waals surface area contributed by atoms with Gasteiger partial charge in [0, 0.05) is 39.1 Å². The van der Waals surface area contributed by atoms with Crippen LogP contribution in [0.1, 0.15) is 47.1 Å². The van der Waals surface area contributed by atoms with Crippen LogP contribution in [0.3, 0.4) is 0 Å². The van der Waals surface area contributed by atoms with Crippen molar-refractivity contribution in [3.63, 3.8) is 0 Å². The maximum atomic E-state index is 14.4. The zero-order valence-corrected chi connectivity index (χ0v) is 24.9. The summed E-state index contributed by atoms with van der Waals surface area (Å²) in [6.07, 6.45) is 2.12. The fourth-order valence-corrected chi connectivity index (χ4v) is 7.84. The smallest absolute Gasteiger partial charge is 0.312 e. The third-order valence-electron chi connectivity index (χ3n) is 8.45. The van der Waals surface area contributed by atoms with E-state index in [-0.39, 0.29) is 37.4 Å². The summed E-state index contributed by atoms with van der Waals surface area (Å²) >= 11 is 0. The molecule has 0 bridgehead atoms. The van der Waals surface area contributed by atoms with Crippen LogP contribution in [0.2, 0.25) is 0 Å². The van der Waals surface area contributed by atoms with E-state index < -0.39 is 44.5 Å². The van der Waals surface area contributed by atoms with Crippen molar-refractivity contribution in [2.75, 3.05) is 33.2 Å². The van der Waals surface area contributed by atoms with Gasteiger partial charge in [0.2, 0.25) is 10.0 Å².